The van der Waals surface area contributed by atoms with Crippen LogP contribution in [0.1, 0.15) is 181 Å². The topological polar surface area (TPSA) is 21.7 Å². The van der Waals surface area contributed by atoms with Crippen molar-refractivity contribution in [2.45, 2.75) is 192 Å². The predicted octanol–water partition coefficient (Wildman–Crippen LogP) is 13.4. The van der Waals surface area contributed by atoms with Crippen molar-refractivity contribution < 1.29 is 9.47 Å². The summed E-state index contributed by atoms with van der Waals surface area (Å²) in [5.41, 5.74) is -0.0687. The Morgan fingerprint density at radius 2 is 1.02 bits per heavy atom. The van der Waals surface area contributed by atoms with Crippen LogP contribution < -0.4 is 0 Å². The fourth-order valence-electron chi connectivity index (χ4n) is 7.18. The maximum Gasteiger partial charge on any atom is 0.169 e. The molecule has 2 saturated heterocycles. The summed E-state index contributed by atoms with van der Waals surface area (Å²) in [5, 5.41) is 0. The number of piperidine rings is 1. The van der Waals surface area contributed by atoms with Crippen molar-refractivity contribution in [3.8, 4) is 0 Å². The zero-order chi connectivity index (χ0) is 33.6. The van der Waals surface area contributed by atoms with Gasteiger partial charge in [0, 0.05) is 19.4 Å². The lowest BCUT2D eigenvalue weighted by Crippen LogP contribution is -2.49. The molecule has 0 radical (unpaired) electrons. The first-order valence-corrected chi connectivity index (χ1v) is 20.4. The lowest BCUT2D eigenvalue weighted by molar-refractivity contribution is -0.204. The summed E-state index contributed by atoms with van der Waals surface area (Å²) >= 11 is 0. The van der Waals surface area contributed by atoms with E-state index >= 15 is 0 Å². The van der Waals surface area contributed by atoms with Gasteiger partial charge in [0.05, 0.1) is 6.61 Å². The average molecular weight is 652 g/mol. The van der Waals surface area contributed by atoms with Gasteiger partial charge in [-0.05, 0) is 103 Å². The third-order valence-electron chi connectivity index (χ3n) is 9.95. The second kappa shape index (κ2) is 28.4. The van der Waals surface area contributed by atoms with E-state index < -0.39 is 0 Å². The van der Waals surface area contributed by atoms with Crippen molar-refractivity contribution >= 4 is 0 Å². The minimum atomic E-state index is -0.334. The maximum absolute atomic E-state index is 7.00. The molecule has 0 N–H and O–H groups in total. The van der Waals surface area contributed by atoms with Crippen molar-refractivity contribution in [1.29, 1.82) is 0 Å². The Morgan fingerprint density at radius 3 is 1.53 bits per heavy atom. The quantitative estimate of drug-likeness (QED) is 0.0593. The van der Waals surface area contributed by atoms with Crippen LogP contribution in [0.25, 0.3) is 0 Å². The van der Waals surface area contributed by atoms with Crippen LogP contribution in [0.5, 0.6) is 0 Å². The molecule has 2 heterocycles. The number of hydrogen-bond acceptors (Lipinski definition) is 3. The summed E-state index contributed by atoms with van der Waals surface area (Å²) in [4.78, 5) is 2.45. The summed E-state index contributed by atoms with van der Waals surface area (Å²) in [6, 6.07) is 0. The lowest BCUT2D eigenvalue weighted by Gasteiger charge is -2.39. The molecule has 47 heavy (non-hydrogen) atoms. The van der Waals surface area contributed by atoms with Crippen molar-refractivity contribution in [3.05, 3.63) is 60.8 Å². The molecule has 2 rings (SSSR count). The first-order chi connectivity index (χ1) is 23.1. The van der Waals surface area contributed by atoms with E-state index in [2.05, 4.69) is 86.6 Å². The summed E-state index contributed by atoms with van der Waals surface area (Å²) in [5.74, 6) is -0.334. The van der Waals surface area contributed by atoms with Gasteiger partial charge in [0.1, 0.15) is 5.60 Å². The Labute approximate surface area is 293 Å². The van der Waals surface area contributed by atoms with Gasteiger partial charge in [0.2, 0.25) is 0 Å². The van der Waals surface area contributed by atoms with Gasteiger partial charge in [0.15, 0.2) is 5.79 Å². The van der Waals surface area contributed by atoms with E-state index in [1.807, 2.05) is 0 Å². The van der Waals surface area contributed by atoms with E-state index in [0.717, 1.165) is 58.1 Å². The Hall–Kier alpha value is -1.42. The SMILES string of the molecule is CCC=CCC=CCC=CCCCCCCCCC1(CCCCCCCCC=CCC=CCCCCC)OCC2(CCCN(C)C2)O1. The summed E-state index contributed by atoms with van der Waals surface area (Å²) in [6.07, 6.45) is 55.6. The predicted molar refractivity (Wildman–Crippen MR) is 207 cm³/mol. The smallest absolute Gasteiger partial charge is 0.169 e. The Morgan fingerprint density at radius 1 is 0.553 bits per heavy atom. The highest BCUT2D eigenvalue weighted by atomic mass is 16.8. The molecule has 0 amide bonds. The molecule has 0 aromatic heterocycles. The highest BCUT2D eigenvalue weighted by Crippen LogP contribution is 2.43. The minimum Gasteiger partial charge on any atom is -0.347 e. The zero-order valence-electron chi connectivity index (χ0n) is 31.5. The van der Waals surface area contributed by atoms with Crippen molar-refractivity contribution in [1.82, 2.24) is 4.90 Å². The molecular formula is C44H77NO2. The van der Waals surface area contributed by atoms with E-state index in [1.165, 1.54) is 129 Å². The zero-order valence-corrected chi connectivity index (χ0v) is 31.5. The monoisotopic (exact) mass is 652 g/mol. The molecule has 0 bridgehead atoms. The number of rotatable bonds is 29. The van der Waals surface area contributed by atoms with E-state index in [4.69, 9.17) is 9.47 Å². The molecule has 3 heteroatoms. The number of likely N-dealkylation sites (tertiary alicyclic amines) is 1. The van der Waals surface area contributed by atoms with Gasteiger partial charge in [-0.3, -0.25) is 0 Å². The van der Waals surface area contributed by atoms with Gasteiger partial charge in [-0.1, -0.05) is 139 Å². The van der Waals surface area contributed by atoms with Crippen molar-refractivity contribution in [2.75, 3.05) is 26.7 Å². The minimum absolute atomic E-state index is 0.0687. The van der Waals surface area contributed by atoms with E-state index in [-0.39, 0.29) is 11.4 Å². The number of ether oxygens (including phenoxy) is 2. The van der Waals surface area contributed by atoms with Gasteiger partial charge in [-0.2, -0.15) is 0 Å². The standard InChI is InChI=1S/C44H77NO2/c1-4-6-8-10-12-14-16-18-20-22-24-26-28-30-32-34-38-44(46-42-43(47-44)37-36-40-45(3)41-43)39-35-33-31-29-27-25-23-21-19-17-15-13-11-9-7-5-2/h6,8,12-15,18-21H,4-5,7,9-11,16-17,22-42H2,1-3H3. The third kappa shape index (κ3) is 21.3. The lowest BCUT2D eigenvalue weighted by atomic mass is 9.93. The molecule has 1 spiro atoms. The molecule has 2 aliphatic rings. The molecule has 0 aromatic rings. The maximum atomic E-state index is 7.00. The van der Waals surface area contributed by atoms with Crippen LogP contribution in [0.3, 0.4) is 0 Å². The molecule has 2 atom stereocenters. The van der Waals surface area contributed by atoms with Crippen LogP contribution in [0.2, 0.25) is 0 Å². The summed E-state index contributed by atoms with van der Waals surface area (Å²) in [7, 11) is 2.24. The number of allylic oxidation sites excluding steroid dienone is 10. The Balaban J connectivity index is 1.57. The average Bonchev–Trinajstić information content (AvgIpc) is 3.41. The first kappa shape index (κ1) is 41.7. The van der Waals surface area contributed by atoms with Crippen LogP contribution in [0.4, 0.5) is 0 Å². The van der Waals surface area contributed by atoms with Crippen LogP contribution in [0.15, 0.2) is 60.8 Å². The number of nitrogens with zero attached hydrogens (tertiary/aromatic N) is 1. The van der Waals surface area contributed by atoms with Crippen LogP contribution >= 0.6 is 0 Å². The third-order valence-corrected chi connectivity index (χ3v) is 9.95. The van der Waals surface area contributed by atoms with Gasteiger partial charge >= 0.3 is 0 Å². The van der Waals surface area contributed by atoms with Crippen molar-refractivity contribution in [2.24, 2.45) is 0 Å². The summed E-state index contributed by atoms with van der Waals surface area (Å²) < 4.78 is 13.7. The van der Waals surface area contributed by atoms with Crippen LogP contribution in [-0.4, -0.2) is 43.0 Å². The summed E-state index contributed by atoms with van der Waals surface area (Å²) in [6.45, 7) is 7.46. The van der Waals surface area contributed by atoms with Gasteiger partial charge in [-0.25, -0.2) is 0 Å². The largest absolute Gasteiger partial charge is 0.347 e. The molecule has 270 valence electrons. The van der Waals surface area contributed by atoms with Gasteiger partial charge < -0.3 is 14.4 Å². The number of hydrogen-bond donors (Lipinski definition) is 0. The molecule has 2 unspecified atom stereocenters. The van der Waals surface area contributed by atoms with Crippen molar-refractivity contribution in [3.63, 3.8) is 0 Å². The second-order valence-corrected chi connectivity index (χ2v) is 14.6. The molecular weight excluding hydrogens is 574 g/mol. The molecule has 0 aliphatic carbocycles. The Bertz CT molecular complexity index is 872. The fraction of sp³-hybridized carbons (Fsp3) is 0.773. The molecule has 2 fully saturated rings. The highest BCUT2D eigenvalue weighted by Gasteiger charge is 2.50. The van der Waals surface area contributed by atoms with E-state index in [0.29, 0.717) is 0 Å². The first-order valence-electron chi connectivity index (χ1n) is 20.4. The Kier molecular flexibility index (Phi) is 25.2. The van der Waals surface area contributed by atoms with E-state index in [1.54, 1.807) is 0 Å². The molecule has 0 aromatic carbocycles. The second-order valence-electron chi connectivity index (χ2n) is 14.6. The van der Waals surface area contributed by atoms with Gasteiger partial charge in [0.25, 0.3) is 0 Å². The fourth-order valence-corrected chi connectivity index (χ4v) is 7.18. The van der Waals surface area contributed by atoms with Gasteiger partial charge in [-0.15, -0.1) is 0 Å². The highest BCUT2D eigenvalue weighted by molar-refractivity contribution is 4.98. The molecule has 3 nitrogen and oxygen atoms in total. The normalized spacial score (nSPS) is 22.6. The van der Waals surface area contributed by atoms with Crippen LogP contribution in [-0.2, 0) is 9.47 Å². The molecule has 0 saturated carbocycles. The number of likely N-dealkylation sites (N-methyl/N-ethyl adjacent to an activating group) is 1. The molecule has 2 aliphatic heterocycles. The van der Waals surface area contributed by atoms with Crippen LogP contribution in [0, 0.1) is 0 Å². The number of unbranched alkanes of at least 4 members (excludes halogenated alkanes) is 15. The van der Waals surface area contributed by atoms with E-state index in [9.17, 15) is 0 Å².